The van der Waals surface area contributed by atoms with E-state index >= 15 is 0 Å². The van der Waals surface area contributed by atoms with Gasteiger partial charge < -0.3 is 14.8 Å². The van der Waals surface area contributed by atoms with Crippen LogP contribution in [0.3, 0.4) is 0 Å². The lowest BCUT2D eigenvalue weighted by Gasteiger charge is -2.13. The molecule has 0 saturated carbocycles. The number of rotatable bonds is 7. The molecule has 0 aliphatic rings. The Morgan fingerprint density at radius 2 is 2.06 bits per heavy atom. The van der Waals surface area contributed by atoms with Gasteiger partial charge in [-0.05, 0) is 39.1 Å². The summed E-state index contributed by atoms with van der Waals surface area (Å²) in [5.41, 5.74) is 1.52. The summed E-state index contributed by atoms with van der Waals surface area (Å²) in [6.45, 7) is 3.62. The number of benzene rings is 1. The number of nitrogens with zero attached hydrogens (tertiary/aromatic N) is 2. The molecular formula is C14H22N2O2. The molecule has 0 heterocycles. The predicted octanol–water partition coefficient (Wildman–Crippen LogP) is 2.61. The van der Waals surface area contributed by atoms with Crippen molar-refractivity contribution in [1.82, 2.24) is 4.90 Å². The van der Waals surface area contributed by atoms with Crippen molar-refractivity contribution in [3.8, 4) is 5.75 Å². The van der Waals surface area contributed by atoms with Crippen molar-refractivity contribution >= 4 is 5.71 Å². The fourth-order valence-electron chi connectivity index (χ4n) is 1.71. The summed E-state index contributed by atoms with van der Waals surface area (Å²) >= 11 is 0. The zero-order chi connectivity index (χ0) is 13.4. The Balaban J connectivity index is 2.65. The molecule has 0 fully saturated rings. The molecule has 1 aromatic carbocycles. The molecule has 4 nitrogen and oxygen atoms in total. The molecule has 0 unspecified atom stereocenters. The van der Waals surface area contributed by atoms with Crippen LogP contribution in [0.4, 0.5) is 0 Å². The van der Waals surface area contributed by atoms with Crippen molar-refractivity contribution in [3.05, 3.63) is 29.8 Å². The monoisotopic (exact) mass is 250 g/mol. The zero-order valence-electron chi connectivity index (χ0n) is 11.4. The third kappa shape index (κ3) is 4.37. The topological polar surface area (TPSA) is 45.1 Å². The van der Waals surface area contributed by atoms with E-state index in [1.165, 1.54) is 0 Å². The molecule has 0 aliphatic heterocycles. The first-order valence-corrected chi connectivity index (χ1v) is 6.27. The highest BCUT2D eigenvalue weighted by Crippen LogP contribution is 2.20. The fourth-order valence-corrected chi connectivity index (χ4v) is 1.71. The standard InChI is InChI=1S/C14H22N2O2/c1-4-13(15-17)12-8-5-6-9-14(12)18-11-7-10-16(2)3/h5-6,8-9,17H,4,7,10-11H2,1-3H3/b15-13-. The number of oxime groups is 1. The van der Waals surface area contributed by atoms with E-state index in [9.17, 15) is 0 Å². The Morgan fingerprint density at radius 1 is 1.33 bits per heavy atom. The maximum atomic E-state index is 8.97. The number of hydrogen-bond donors (Lipinski definition) is 1. The molecule has 0 aromatic heterocycles. The highest BCUT2D eigenvalue weighted by atomic mass is 16.5. The summed E-state index contributed by atoms with van der Waals surface area (Å²) in [7, 11) is 4.09. The summed E-state index contributed by atoms with van der Waals surface area (Å²) in [5, 5.41) is 12.3. The van der Waals surface area contributed by atoms with Gasteiger partial charge >= 0.3 is 0 Å². The molecule has 0 bridgehead atoms. The van der Waals surface area contributed by atoms with Gasteiger partial charge in [-0.25, -0.2) is 0 Å². The van der Waals surface area contributed by atoms with E-state index in [2.05, 4.69) is 10.1 Å². The van der Waals surface area contributed by atoms with E-state index in [-0.39, 0.29) is 0 Å². The average molecular weight is 250 g/mol. The molecule has 0 aliphatic carbocycles. The Bertz CT molecular complexity index is 389. The van der Waals surface area contributed by atoms with Gasteiger partial charge in [-0.1, -0.05) is 24.2 Å². The Kier molecular flexibility index (Phi) is 6.22. The molecule has 100 valence electrons. The van der Waals surface area contributed by atoms with Gasteiger partial charge in [0.1, 0.15) is 5.75 Å². The summed E-state index contributed by atoms with van der Waals surface area (Å²) < 4.78 is 5.75. The Hall–Kier alpha value is -1.55. The second-order valence-corrected chi connectivity index (χ2v) is 4.40. The first kappa shape index (κ1) is 14.5. The molecule has 0 amide bonds. The lowest BCUT2D eigenvalue weighted by Crippen LogP contribution is -2.16. The van der Waals surface area contributed by atoms with Crippen LogP contribution in [0.15, 0.2) is 29.4 Å². The molecule has 0 saturated heterocycles. The molecule has 1 rings (SSSR count). The van der Waals surface area contributed by atoms with E-state index in [1.54, 1.807) is 0 Å². The number of para-hydroxylation sites is 1. The average Bonchev–Trinajstić information content (AvgIpc) is 2.37. The largest absolute Gasteiger partial charge is 0.493 e. The molecule has 4 heteroatoms. The van der Waals surface area contributed by atoms with Gasteiger partial charge in [-0.15, -0.1) is 0 Å². The maximum absolute atomic E-state index is 8.97. The smallest absolute Gasteiger partial charge is 0.128 e. The first-order valence-electron chi connectivity index (χ1n) is 6.27. The van der Waals surface area contributed by atoms with Crippen LogP contribution in [0.2, 0.25) is 0 Å². The normalized spacial score (nSPS) is 11.9. The highest BCUT2D eigenvalue weighted by Gasteiger charge is 2.08. The van der Waals surface area contributed by atoms with Crippen molar-refractivity contribution < 1.29 is 9.94 Å². The fraction of sp³-hybridized carbons (Fsp3) is 0.500. The van der Waals surface area contributed by atoms with Gasteiger partial charge in [0.05, 0.1) is 12.3 Å². The quantitative estimate of drug-likeness (QED) is 0.350. The lowest BCUT2D eigenvalue weighted by molar-refractivity contribution is 0.280. The molecule has 0 atom stereocenters. The third-order valence-electron chi connectivity index (χ3n) is 2.66. The SMILES string of the molecule is CC/C(=N/O)c1ccccc1OCCCN(C)C. The highest BCUT2D eigenvalue weighted by molar-refractivity contribution is 6.02. The number of hydrogen-bond acceptors (Lipinski definition) is 4. The molecule has 0 radical (unpaired) electrons. The van der Waals surface area contributed by atoms with E-state index in [4.69, 9.17) is 9.94 Å². The maximum Gasteiger partial charge on any atom is 0.128 e. The molecular weight excluding hydrogens is 228 g/mol. The van der Waals surface area contributed by atoms with E-state index in [1.807, 2.05) is 45.3 Å². The van der Waals surface area contributed by atoms with Crippen LogP contribution in [0.1, 0.15) is 25.3 Å². The Morgan fingerprint density at radius 3 is 2.67 bits per heavy atom. The van der Waals surface area contributed by atoms with Crippen molar-refractivity contribution in [3.63, 3.8) is 0 Å². The van der Waals surface area contributed by atoms with Crippen molar-refractivity contribution in [1.29, 1.82) is 0 Å². The summed E-state index contributed by atoms with van der Waals surface area (Å²) in [6, 6.07) is 7.67. The predicted molar refractivity (Wildman–Crippen MR) is 73.7 cm³/mol. The lowest BCUT2D eigenvalue weighted by atomic mass is 10.1. The molecule has 18 heavy (non-hydrogen) atoms. The van der Waals surface area contributed by atoms with Gasteiger partial charge in [0.2, 0.25) is 0 Å². The second kappa shape index (κ2) is 7.71. The molecule has 1 aromatic rings. The van der Waals surface area contributed by atoms with Crippen LogP contribution in [0, 0.1) is 0 Å². The minimum Gasteiger partial charge on any atom is -0.493 e. The van der Waals surface area contributed by atoms with Crippen molar-refractivity contribution in [2.75, 3.05) is 27.2 Å². The van der Waals surface area contributed by atoms with Gasteiger partial charge in [0.25, 0.3) is 0 Å². The van der Waals surface area contributed by atoms with Gasteiger partial charge in [-0.2, -0.15) is 0 Å². The number of ether oxygens (including phenoxy) is 1. The minimum atomic E-state index is 0.651. The van der Waals surface area contributed by atoms with Gasteiger partial charge in [0.15, 0.2) is 0 Å². The van der Waals surface area contributed by atoms with Crippen LogP contribution < -0.4 is 4.74 Å². The first-order chi connectivity index (χ1) is 8.69. The van der Waals surface area contributed by atoms with Crippen molar-refractivity contribution in [2.24, 2.45) is 5.16 Å². The second-order valence-electron chi connectivity index (χ2n) is 4.40. The molecule has 1 N–H and O–H groups in total. The minimum absolute atomic E-state index is 0.651. The van der Waals surface area contributed by atoms with Gasteiger partial charge in [-0.3, -0.25) is 0 Å². The van der Waals surface area contributed by atoms with Crippen LogP contribution in [-0.2, 0) is 0 Å². The molecule has 0 spiro atoms. The van der Waals surface area contributed by atoms with Crippen LogP contribution >= 0.6 is 0 Å². The van der Waals surface area contributed by atoms with Crippen molar-refractivity contribution in [2.45, 2.75) is 19.8 Å². The summed E-state index contributed by atoms with van der Waals surface area (Å²) in [5.74, 6) is 0.783. The summed E-state index contributed by atoms with van der Waals surface area (Å²) in [6.07, 6.45) is 1.65. The van der Waals surface area contributed by atoms with Crippen LogP contribution in [0.25, 0.3) is 0 Å². The van der Waals surface area contributed by atoms with E-state index < -0.39 is 0 Å². The Labute approximate surface area is 109 Å². The van der Waals surface area contributed by atoms with Crippen LogP contribution in [-0.4, -0.2) is 43.1 Å². The van der Waals surface area contributed by atoms with Crippen LogP contribution in [0.5, 0.6) is 5.75 Å². The van der Waals surface area contributed by atoms with E-state index in [0.29, 0.717) is 18.7 Å². The third-order valence-corrected chi connectivity index (χ3v) is 2.66. The van der Waals surface area contributed by atoms with Gasteiger partial charge in [0, 0.05) is 12.1 Å². The zero-order valence-corrected chi connectivity index (χ0v) is 11.4. The summed E-state index contributed by atoms with van der Waals surface area (Å²) in [4.78, 5) is 2.13. The van der Waals surface area contributed by atoms with E-state index in [0.717, 1.165) is 24.3 Å².